The second-order valence-corrected chi connectivity index (χ2v) is 15.3. The van der Waals surface area contributed by atoms with Gasteiger partial charge in [0.1, 0.15) is 29.1 Å². The molecule has 2 fully saturated rings. The highest BCUT2D eigenvalue weighted by Crippen LogP contribution is 2.48. The third-order valence-electron chi connectivity index (χ3n) is 11.6. The summed E-state index contributed by atoms with van der Waals surface area (Å²) < 4.78 is 27.7. The molecule has 0 bridgehead atoms. The number of anilines is 1. The number of imide groups is 1. The molecule has 4 aliphatic rings. The summed E-state index contributed by atoms with van der Waals surface area (Å²) in [6, 6.07) is 23.6. The van der Waals surface area contributed by atoms with Crippen LogP contribution in [0.1, 0.15) is 75.7 Å². The van der Waals surface area contributed by atoms with Crippen LogP contribution in [-0.4, -0.2) is 85.6 Å². The van der Waals surface area contributed by atoms with Crippen LogP contribution in [0.5, 0.6) is 17.2 Å². The Hall–Kier alpha value is -5.86. The van der Waals surface area contributed by atoms with Gasteiger partial charge in [-0.25, -0.2) is 4.39 Å². The summed E-state index contributed by atoms with van der Waals surface area (Å²) in [5.74, 6) is 7.03. The Morgan fingerprint density at radius 3 is 2.61 bits per heavy atom. The minimum Gasteiger partial charge on any atom is -0.508 e. The normalized spacial score (nSPS) is 20.9. The van der Waals surface area contributed by atoms with Gasteiger partial charge in [0.2, 0.25) is 11.8 Å². The van der Waals surface area contributed by atoms with Crippen LogP contribution in [0.3, 0.4) is 0 Å². The highest BCUT2D eigenvalue weighted by molar-refractivity contribution is 6.05. The van der Waals surface area contributed by atoms with Crippen LogP contribution in [0, 0.1) is 23.6 Å². The number of carbonyl (C=O) groups excluding carboxylic acids is 3. The summed E-state index contributed by atoms with van der Waals surface area (Å²) >= 11 is 0. The van der Waals surface area contributed by atoms with Crippen molar-refractivity contribution in [3.8, 4) is 29.1 Å². The number of fused-ring (bicyclic) bond motifs is 2. The lowest BCUT2D eigenvalue weighted by atomic mass is 9.75. The molecule has 4 aliphatic heterocycles. The fraction of sp³-hybridized carbons (Fsp3) is 0.356. The predicted octanol–water partition coefficient (Wildman–Crippen LogP) is 5.81. The van der Waals surface area contributed by atoms with Crippen molar-refractivity contribution in [2.24, 2.45) is 5.92 Å². The van der Waals surface area contributed by atoms with E-state index in [1.165, 1.54) is 0 Å². The van der Waals surface area contributed by atoms with E-state index in [2.05, 4.69) is 34.0 Å². The molecule has 0 aliphatic carbocycles. The van der Waals surface area contributed by atoms with Gasteiger partial charge in [-0.15, -0.1) is 0 Å². The van der Waals surface area contributed by atoms with Gasteiger partial charge >= 0.3 is 0 Å². The molecule has 8 rings (SSSR count). The molecule has 288 valence electrons. The number of phenols is 1. The number of hydrogen-bond donors (Lipinski definition) is 2. The van der Waals surface area contributed by atoms with Crippen LogP contribution in [0.25, 0.3) is 0 Å². The summed E-state index contributed by atoms with van der Waals surface area (Å²) in [6.07, 6.45) is 2.44. The lowest BCUT2D eigenvalue weighted by Gasteiger charge is -2.36. The van der Waals surface area contributed by atoms with Gasteiger partial charge in [-0.3, -0.25) is 24.6 Å². The van der Waals surface area contributed by atoms with Gasteiger partial charge in [-0.2, -0.15) is 0 Å². The number of rotatable bonds is 8. The fourth-order valence-electron chi connectivity index (χ4n) is 8.73. The Balaban J connectivity index is 0.873. The minimum absolute atomic E-state index is 0.0817. The predicted molar refractivity (Wildman–Crippen MR) is 209 cm³/mol. The van der Waals surface area contributed by atoms with Crippen LogP contribution in [0.4, 0.5) is 10.1 Å². The zero-order chi connectivity index (χ0) is 38.9. The van der Waals surface area contributed by atoms with E-state index in [-0.39, 0.29) is 41.6 Å². The zero-order valence-electron chi connectivity index (χ0n) is 31.6. The summed E-state index contributed by atoms with van der Waals surface area (Å²) in [5, 5.41) is 12.5. The summed E-state index contributed by atoms with van der Waals surface area (Å²) in [5.41, 5.74) is 5.64. The number of halogens is 1. The monoisotopic (exact) mass is 756 g/mol. The molecule has 4 aromatic carbocycles. The summed E-state index contributed by atoms with van der Waals surface area (Å²) in [7, 11) is 3.70. The first-order chi connectivity index (χ1) is 27.1. The molecule has 11 heteroatoms. The highest BCUT2D eigenvalue weighted by atomic mass is 19.1. The Morgan fingerprint density at radius 1 is 0.982 bits per heavy atom. The molecule has 0 radical (unpaired) electrons. The van der Waals surface area contributed by atoms with Crippen molar-refractivity contribution in [2.45, 2.75) is 50.1 Å². The van der Waals surface area contributed by atoms with E-state index >= 15 is 4.39 Å². The minimum atomic E-state index is -0.639. The number of ether oxygens (including phenoxy) is 2. The van der Waals surface area contributed by atoms with Crippen LogP contribution in [-0.2, 0) is 16.1 Å². The molecule has 10 nitrogen and oxygen atoms in total. The number of amides is 3. The Morgan fingerprint density at radius 2 is 1.82 bits per heavy atom. The van der Waals surface area contributed by atoms with Gasteiger partial charge in [-0.05, 0) is 97.4 Å². The molecule has 0 saturated carbocycles. The second-order valence-electron chi connectivity index (χ2n) is 15.3. The first-order valence-corrected chi connectivity index (χ1v) is 19.2. The second kappa shape index (κ2) is 15.7. The number of hydrogen-bond acceptors (Lipinski definition) is 8. The largest absolute Gasteiger partial charge is 0.508 e. The number of nitrogens with zero attached hydrogens (tertiary/aromatic N) is 3. The maximum Gasteiger partial charge on any atom is 0.255 e. The third-order valence-corrected chi connectivity index (χ3v) is 11.6. The standard InChI is InChI=1S/C45H45FN4O6/c1-48(18-4-5-28-8-11-35-32(21-28)26-50(45(35)54)40-14-15-42(52)47-44(40)53)25-29-16-19-49(20-17-29)39-13-9-31(23-38(39)46)43-36-12-10-33(51)24-41(36)56-27-37(43)30-6-3-7-34(22-30)55-2/h3,6-13,21-24,29,37,40,43,51H,14-20,25-27H2,1-2H3,(H,47,52,53)/t37-,40?,43-/m0/s1. The third kappa shape index (κ3) is 7.54. The van der Waals surface area contributed by atoms with E-state index < -0.39 is 11.9 Å². The lowest BCUT2D eigenvalue weighted by Crippen LogP contribution is -2.52. The molecule has 3 amide bonds. The van der Waals surface area contributed by atoms with Crippen LogP contribution < -0.4 is 19.7 Å². The molecule has 0 spiro atoms. The van der Waals surface area contributed by atoms with Crippen LogP contribution in [0.2, 0.25) is 0 Å². The van der Waals surface area contributed by atoms with Crippen molar-refractivity contribution < 1.29 is 33.4 Å². The van der Waals surface area contributed by atoms with Gasteiger partial charge in [0, 0.05) is 67.2 Å². The SMILES string of the molecule is COc1cccc([C@@H]2COc3cc(O)ccc3[C@@H]2c2ccc(N3CCC(CN(C)CC#Cc4ccc5c(c4)CN(C4CCC(=O)NC4=O)C5=O)CC3)c(F)c2)c1. The number of nitrogens with one attached hydrogen (secondary N) is 1. The van der Waals surface area contributed by atoms with Crippen molar-refractivity contribution in [1.29, 1.82) is 0 Å². The zero-order valence-corrected chi connectivity index (χ0v) is 31.6. The first kappa shape index (κ1) is 37.1. The average molecular weight is 757 g/mol. The van der Waals surface area contributed by atoms with Gasteiger partial charge in [0.15, 0.2) is 0 Å². The van der Waals surface area contributed by atoms with E-state index in [4.69, 9.17) is 9.47 Å². The van der Waals surface area contributed by atoms with Crippen molar-refractivity contribution >= 4 is 23.4 Å². The Kier molecular flexibility index (Phi) is 10.4. The van der Waals surface area contributed by atoms with E-state index in [0.29, 0.717) is 49.0 Å². The van der Waals surface area contributed by atoms with Crippen molar-refractivity contribution in [1.82, 2.24) is 15.1 Å². The molecule has 4 heterocycles. The summed E-state index contributed by atoms with van der Waals surface area (Å²) in [4.78, 5) is 42.9. The van der Waals surface area contributed by atoms with Crippen LogP contribution >= 0.6 is 0 Å². The average Bonchev–Trinajstić information content (AvgIpc) is 3.52. The molecule has 2 N–H and O–H groups in total. The molecular formula is C45H45FN4O6. The lowest BCUT2D eigenvalue weighted by molar-refractivity contribution is -0.136. The van der Waals surface area contributed by atoms with Crippen molar-refractivity contribution in [3.63, 3.8) is 0 Å². The maximum absolute atomic E-state index is 16.1. The Labute approximate surface area is 326 Å². The van der Waals surface area contributed by atoms with Gasteiger partial charge in [-0.1, -0.05) is 36.1 Å². The van der Waals surface area contributed by atoms with E-state index in [9.17, 15) is 19.5 Å². The maximum atomic E-state index is 16.1. The van der Waals surface area contributed by atoms with Gasteiger partial charge in [0.05, 0.1) is 25.9 Å². The van der Waals surface area contributed by atoms with Crippen molar-refractivity contribution in [2.75, 3.05) is 51.8 Å². The Bertz CT molecular complexity index is 2240. The van der Waals surface area contributed by atoms with Gasteiger partial charge in [0.25, 0.3) is 5.91 Å². The van der Waals surface area contributed by atoms with E-state index in [0.717, 1.165) is 66.0 Å². The molecular weight excluding hydrogens is 712 g/mol. The highest BCUT2D eigenvalue weighted by Gasteiger charge is 2.39. The molecule has 3 atom stereocenters. The number of aromatic hydroxyl groups is 1. The molecule has 4 aromatic rings. The van der Waals surface area contributed by atoms with E-state index in [1.54, 1.807) is 36.3 Å². The van der Waals surface area contributed by atoms with Gasteiger partial charge < -0.3 is 24.4 Å². The number of piperidine rings is 2. The van der Waals surface area contributed by atoms with Crippen molar-refractivity contribution in [3.05, 3.63) is 118 Å². The number of methoxy groups -OCH3 is 1. The molecule has 56 heavy (non-hydrogen) atoms. The molecule has 1 unspecified atom stereocenters. The number of benzene rings is 4. The first-order valence-electron chi connectivity index (χ1n) is 19.2. The van der Waals surface area contributed by atoms with Crippen LogP contribution in [0.15, 0.2) is 78.9 Å². The topological polar surface area (TPSA) is 112 Å². The summed E-state index contributed by atoms with van der Waals surface area (Å²) in [6.45, 7) is 3.69. The smallest absolute Gasteiger partial charge is 0.255 e. The fourth-order valence-corrected chi connectivity index (χ4v) is 8.73. The van der Waals surface area contributed by atoms with E-state index in [1.807, 2.05) is 54.6 Å². The quantitative estimate of drug-likeness (QED) is 0.171. The number of carbonyl (C=O) groups is 3. The molecule has 2 saturated heterocycles. The molecule has 0 aromatic heterocycles. The number of phenolic OH excluding ortho intramolecular Hbond substituents is 1.